The molecule has 0 heterocycles. The van der Waals surface area contributed by atoms with Crippen molar-refractivity contribution in [1.82, 2.24) is 5.32 Å². The molecule has 20 heavy (non-hydrogen) atoms. The maximum atomic E-state index is 12.0. The molecule has 0 fully saturated rings. The van der Waals surface area contributed by atoms with Gasteiger partial charge in [0.1, 0.15) is 5.75 Å². The van der Waals surface area contributed by atoms with Crippen molar-refractivity contribution in [3.8, 4) is 5.75 Å². The standard InChI is InChI=1S/C15H14INO3/c16-12-5-6-14(19)13(7-12)15(20)17-8-10-1-3-11(9-18)4-2-10/h1-7,18-19H,8-9H2,(H,17,20). The zero-order valence-corrected chi connectivity index (χ0v) is 12.8. The topological polar surface area (TPSA) is 69.6 Å². The molecule has 1 amide bonds. The number of halogens is 1. The van der Waals surface area contributed by atoms with Crippen LogP contribution in [0.5, 0.6) is 5.75 Å². The second kappa shape index (κ2) is 6.71. The van der Waals surface area contributed by atoms with Gasteiger partial charge in [-0.3, -0.25) is 4.79 Å². The summed E-state index contributed by atoms with van der Waals surface area (Å²) >= 11 is 2.09. The van der Waals surface area contributed by atoms with E-state index in [9.17, 15) is 9.90 Å². The normalized spacial score (nSPS) is 10.3. The van der Waals surface area contributed by atoms with Gasteiger partial charge in [-0.15, -0.1) is 0 Å². The van der Waals surface area contributed by atoms with E-state index >= 15 is 0 Å². The second-order valence-corrected chi connectivity index (χ2v) is 5.56. The maximum Gasteiger partial charge on any atom is 0.255 e. The molecule has 2 rings (SSSR count). The van der Waals surface area contributed by atoms with E-state index < -0.39 is 0 Å². The van der Waals surface area contributed by atoms with Crippen molar-refractivity contribution in [1.29, 1.82) is 0 Å². The van der Waals surface area contributed by atoms with Crippen molar-refractivity contribution >= 4 is 28.5 Å². The van der Waals surface area contributed by atoms with Gasteiger partial charge in [-0.05, 0) is 51.9 Å². The van der Waals surface area contributed by atoms with Crippen molar-refractivity contribution in [2.24, 2.45) is 0 Å². The van der Waals surface area contributed by atoms with Gasteiger partial charge in [-0.1, -0.05) is 24.3 Å². The maximum absolute atomic E-state index is 12.0. The molecule has 2 aromatic rings. The second-order valence-electron chi connectivity index (χ2n) is 4.32. The number of rotatable bonds is 4. The predicted octanol–water partition coefficient (Wildman–Crippen LogP) is 2.42. The Balaban J connectivity index is 2.02. The van der Waals surface area contributed by atoms with Crippen LogP contribution < -0.4 is 5.32 Å². The zero-order chi connectivity index (χ0) is 14.5. The Labute approximate surface area is 130 Å². The first-order valence-electron chi connectivity index (χ1n) is 6.05. The molecule has 0 spiro atoms. The number of nitrogens with one attached hydrogen (secondary N) is 1. The highest BCUT2D eigenvalue weighted by Crippen LogP contribution is 2.19. The molecular weight excluding hydrogens is 369 g/mol. The molecule has 0 unspecified atom stereocenters. The molecule has 104 valence electrons. The fraction of sp³-hybridized carbons (Fsp3) is 0.133. The number of aromatic hydroxyl groups is 1. The lowest BCUT2D eigenvalue weighted by Crippen LogP contribution is -2.23. The molecule has 0 bridgehead atoms. The highest BCUT2D eigenvalue weighted by Gasteiger charge is 2.11. The van der Waals surface area contributed by atoms with E-state index in [2.05, 4.69) is 27.9 Å². The van der Waals surface area contributed by atoms with Crippen LogP contribution in [0.2, 0.25) is 0 Å². The number of amides is 1. The first kappa shape index (κ1) is 14.8. The lowest BCUT2D eigenvalue weighted by molar-refractivity contribution is 0.0948. The molecule has 5 heteroatoms. The van der Waals surface area contributed by atoms with Crippen LogP contribution in [0, 0.1) is 3.57 Å². The molecule has 0 aromatic heterocycles. The third kappa shape index (κ3) is 3.71. The molecule has 0 aliphatic heterocycles. The van der Waals surface area contributed by atoms with Crippen LogP contribution in [-0.4, -0.2) is 16.1 Å². The summed E-state index contributed by atoms with van der Waals surface area (Å²) in [5.41, 5.74) is 2.03. The Kier molecular flexibility index (Phi) is 4.97. The van der Waals surface area contributed by atoms with Gasteiger partial charge >= 0.3 is 0 Å². The number of hydrogen-bond acceptors (Lipinski definition) is 3. The monoisotopic (exact) mass is 383 g/mol. The molecule has 0 aliphatic carbocycles. The molecule has 0 saturated carbocycles. The Bertz CT molecular complexity index is 611. The number of carbonyl (C=O) groups excluding carboxylic acids is 1. The summed E-state index contributed by atoms with van der Waals surface area (Å²) in [5, 5.41) is 21.4. The van der Waals surface area contributed by atoms with Crippen LogP contribution in [0.25, 0.3) is 0 Å². The van der Waals surface area contributed by atoms with Crippen molar-refractivity contribution in [2.75, 3.05) is 0 Å². The largest absolute Gasteiger partial charge is 0.507 e. The first-order valence-corrected chi connectivity index (χ1v) is 7.13. The highest BCUT2D eigenvalue weighted by atomic mass is 127. The van der Waals surface area contributed by atoms with Crippen molar-refractivity contribution in [3.05, 3.63) is 62.7 Å². The SMILES string of the molecule is O=C(NCc1ccc(CO)cc1)c1cc(I)ccc1O. The molecule has 3 N–H and O–H groups in total. The summed E-state index contributed by atoms with van der Waals surface area (Å²) in [5.74, 6) is -0.342. The van der Waals surface area contributed by atoms with E-state index in [0.29, 0.717) is 6.54 Å². The minimum absolute atomic E-state index is 0.00294. The number of aliphatic hydroxyl groups is 1. The smallest absolute Gasteiger partial charge is 0.255 e. The number of phenols is 1. The van der Waals surface area contributed by atoms with Gasteiger partial charge in [0.25, 0.3) is 5.91 Å². The fourth-order valence-corrected chi connectivity index (χ4v) is 2.22. The lowest BCUT2D eigenvalue weighted by atomic mass is 10.1. The summed E-state index contributed by atoms with van der Waals surface area (Å²) in [6.45, 7) is 0.373. The van der Waals surface area contributed by atoms with Gasteiger partial charge in [0, 0.05) is 10.1 Å². The van der Waals surface area contributed by atoms with Gasteiger partial charge in [-0.2, -0.15) is 0 Å². The van der Waals surface area contributed by atoms with Gasteiger partial charge in [0.15, 0.2) is 0 Å². The number of hydrogen-bond donors (Lipinski definition) is 3. The Hall–Kier alpha value is -1.60. The van der Waals surface area contributed by atoms with Gasteiger partial charge in [0.05, 0.1) is 12.2 Å². The molecule has 4 nitrogen and oxygen atoms in total. The Morgan fingerprint density at radius 2 is 1.75 bits per heavy atom. The van der Waals surface area contributed by atoms with Gasteiger partial charge in [-0.25, -0.2) is 0 Å². The summed E-state index contributed by atoms with van der Waals surface area (Å²) in [6.07, 6.45) is 0. The van der Waals surface area contributed by atoms with Crippen molar-refractivity contribution in [3.63, 3.8) is 0 Å². The molecule has 0 radical (unpaired) electrons. The average Bonchev–Trinajstić information content (AvgIpc) is 2.47. The summed E-state index contributed by atoms with van der Waals surface area (Å²) in [6, 6.07) is 12.2. The number of benzene rings is 2. The quantitative estimate of drug-likeness (QED) is 0.711. The molecule has 0 saturated heterocycles. The summed E-state index contributed by atoms with van der Waals surface area (Å²) in [7, 11) is 0. The third-order valence-electron chi connectivity index (χ3n) is 2.86. The van der Waals surface area contributed by atoms with Crippen LogP contribution >= 0.6 is 22.6 Å². The van der Waals surface area contributed by atoms with Crippen LogP contribution in [0.15, 0.2) is 42.5 Å². The fourth-order valence-electron chi connectivity index (χ4n) is 1.73. The van der Waals surface area contributed by atoms with Gasteiger partial charge < -0.3 is 15.5 Å². The predicted molar refractivity (Wildman–Crippen MR) is 84.4 cm³/mol. The zero-order valence-electron chi connectivity index (χ0n) is 10.6. The number of aliphatic hydroxyl groups excluding tert-OH is 1. The summed E-state index contributed by atoms with van der Waals surface area (Å²) in [4.78, 5) is 12.0. The minimum atomic E-state index is -0.313. The van der Waals surface area contributed by atoms with E-state index in [-0.39, 0.29) is 23.8 Å². The highest BCUT2D eigenvalue weighted by molar-refractivity contribution is 14.1. The number of phenolic OH excluding ortho intramolecular Hbond substituents is 1. The van der Waals surface area contributed by atoms with Crippen molar-refractivity contribution < 1.29 is 15.0 Å². The van der Waals surface area contributed by atoms with Gasteiger partial charge in [0.2, 0.25) is 0 Å². The minimum Gasteiger partial charge on any atom is -0.507 e. The average molecular weight is 383 g/mol. The first-order chi connectivity index (χ1) is 9.60. The van der Waals surface area contributed by atoms with Crippen LogP contribution in [0.3, 0.4) is 0 Å². The van der Waals surface area contributed by atoms with E-state index in [1.165, 1.54) is 6.07 Å². The third-order valence-corrected chi connectivity index (χ3v) is 3.53. The van der Waals surface area contributed by atoms with E-state index in [4.69, 9.17) is 5.11 Å². The Morgan fingerprint density at radius 3 is 2.40 bits per heavy atom. The molecule has 2 aromatic carbocycles. The number of carbonyl (C=O) groups is 1. The van der Waals surface area contributed by atoms with E-state index in [0.717, 1.165) is 14.7 Å². The molecule has 0 atom stereocenters. The molecular formula is C15H14INO3. The molecule has 0 aliphatic rings. The van der Waals surface area contributed by atoms with Crippen LogP contribution in [-0.2, 0) is 13.2 Å². The van der Waals surface area contributed by atoms with Crippen LogP contribution in [0.1, 0.15) is 21.5 Å². The lowest BCUT2D eigenvalue weighted by Gasteiger charge is -2.08. The van der Waals surface area contributed by atoms with Crippen LogP contribution in [0.4, 0.5) is 0 Å². The van der Waals surface area contributed by atoms with E-state index in [1.807, 2.05) is 24.3 Å². The van der Waals surface area contributed by atoms with Crippen molar-refractivity contribution in [2.45, 2.75) is 13.2 Å². The Morgan fingerprint density at radius 1 is 1.10 bits per heavy atom. The summed E-state index contributed by atoms with van der Waals surface area (Å²) < 4.78 is 0.887. The van der Waals surface area contributed by atoms with E-state index in [1.54, 1.807) is 12.1 Å².